The van der Waals surface area contributed by atoms with Crippen LogP contribution in [0.4, 0.5) is 4.39 Å². The van der Waals surface area contributed by atoms with E-state index in [4.69, 9.17) is 4.74 Å². The molecule has 0 aliphatic carbocycles. The Kier molecular flexibility index (Phi) is 4.85. The van der Waals surface area contributed by atoms with Crippen LogP contribution in [0.5, 0.6) is 5.75 Å². The van der Waals surface area contributed by atoms with Gasteiger partial charge < -0.3 is 10.1 Å². The minimum atomic E-state index is -0.223. The summed E-state index contributed by atoms with van der Waals surface area (Å²) in [5, 5.41) is 3.27. The lowest BCUT2D eigenvalue weighted by Gasteiger charge is -2.23. The Labute approximate surface area is 95.2 Å². The Morgan fingerprint density at radius 2 is 2.00 bits per heavy atom. The van der Waals surface area contributed by atoms with Crippen molar-refractivity contribution < 1.29 is 9.13 Å². The van der Waals surface area contributed by atoms with E-state index in [9.17, 15) is 4.39 Å². The number of halogens is 2. The summed E-state index contributed by atoms with van der Waals surface area (Å²) in [5.74, 6) is 0.527. The van der Waals surface area contributed by atoms with E-state index in [-0.39, 0.29) is 24.3 Å². The molecule has 2 rings (SSSR count). The molecule has 84 valence electrons. The van der Waals surface area contributed by atoms with Gasteiger partial charge in [0.2, 0.25) is 0 Å². The molecule has 0 saturated carbocycles. The Morgan fingerprint density at radius 3 is 2.60 bits per heavy atom. The van der Waals surface area contributed by atoms with Gasteiger partial charge >= 0.3 is 0 Å². The van der Waals surface area contributed by atoms with Crippen molar-refractivity contribution in [2.45, 2.75) is 18.9 Å². The molecule has 0 bridgehead atoms. The molecule has 0 radical (unpaired) electrons. The van der Waals surface area contributed by atoms with Crippen molar-refractivity contribution in [1.82, 2.24) is 5.32 Å². The molecule has 1 aliphatic heterocycles. The average molecular weight is 232 g/mol. The molecule has 15 heavy (non-hydrogen) atoms. The summed E-state index contributed by atoms with van der Waals surface area (Å²) in [7, 11) is 0. The number of nitrogens with one attached hydrogen (secondary N) is 1. The number of benzene rings is 1. The van der Waals surface area contributed by atoms with Gasteiger partial charge in [-0.3, -0.25) is 0 Å². The molecule has 0 amide bonds. The largest absolute Gasteiger partial charge is 0.489 e. The van der Waals surface area contributed by atoms with Crippen molar-refractivity contribution in [2.24, 2.45) is 0 Å². The maximum absolute atomic E-state index is 12.6. The summed E-state index contributed by atoms with van der Waals surface area (Å²) in [6.07, 6.45) is 2.45. The highest BCUT2D eigenvalue weighted by molar-refractivity contribution is 5.85. The molecular weight excluding hydrogens is 217 g/mol. The number of hydrogen-bond acceptors (Lipinski definition) is 2. The van der Waals surface area contributed by atoms with Gasteiger partial charge in [-0.05, 0) is 43.7 Å². The molecule has 2 nitrogen and oxygen atoms in total. The van der Waals surface area contributed by atoms with Crippen molar-refractivity contribution in [3.8, 4) is 5.75 Å². The fourth-order valence-corrected chi connectivity index (χ4v) is 1.63. The predicted octanol–water partition coefficient (Wildman–Crippen LogP) is 2.38. The van der Waals surface area contributed by atoms with E-state index >= 15 is 0 Å². The molecule has 0 spiro atoms. The normalized spacial score (nSPS) is 20.5. The van der Waals surface area contributed by atoms with Gasteiger partial charge in [0.1, 0.15) is 17.7 Å². The SMILES string of the molecule is Cl.Fc1ccc(O[C@@H]2CCCNC2)cc1. The van der Waals surface area contributed by atoms with Crippen molar-refractivity contribution in [3.63, 3.8) is 0 Å². The number of ether oxygens (including phenoxy) is 1. The van der Waals surface area contributed by atoms with Crippen LogP contribution in [0.15, 0.2) is 24.3 Å². The van der Waals surface area contributed by atoms with Gasteiger partial charge in [0.05, 0.1) is 0 Å². The van der Waals surface area contributed by atoms with E-state index in [0.717, 1.165) is 31.7 Å². The van der Waals surface area contributed by atoms with Crippen molar-refractivity contribution >= 4 is 12.4 Å². The second-order valence-electron chi connectivity index (χ2n) is 3.54. The van der Waals surface area contributed by atoms with Crippen molar-refractivity contribution in [3.05, 3.63) is 30.1 Å². The van der Waals surface area contributed by atoms with Crippen LogP contribution in [0.3, 0.4) is 0 Å². The first kappa shape index (κ1) is 12.3. The molecule has 1 aromatic rings. The van der Waals surface area contributed by atoms with Crippen molar-refractivity contribution in [1.29, 1.82) is 0 Å². The highest BCUT2D eigenvalue weighted by atomic mass is 35.5. The second-order valence-corrected chi connectivity index (χ2v) is 3.54. The van der Waals surface area contributed by atoms with E-state index in [0.29, 0.717) is 0 Å². The second kappa shape index (κ2) is 5.93. The van der Waals surface area contributed by atoms with Crippen LogP contribution in [-0.2, 0) is 0 Å². The third-order valence-corrected chi connectivity index (χ3v) is 2.37. The highest BCUT2D eigenvalue weighted by Crippen LogP contribution is 2.15. The predicted molar refractivity (Wildman–Crippen MR) is 60.2 cm³/mol. The zero-order valence-corrected chi connectivity index (χ0v) is 9.23. The van der Waals surface area contributed by atoms with E-state index in [1.807, 2.05) is 0 Å². The summed E-state index contributed by atoms with van der Waals surface area (Å²) in [6.45, 7) is 1.96. The van der Waals surface area contributed by atoms with E-state index in [1.165, 1.54) is 12.1 Å². The first-order valence-corrected chi connectivity index (χ1v) is 4.97. The van der Waals surface area contributed by atoms with Crippen LogP contribution in [-0.4, -0.2) is 19.2 Å². The summed E-state index contributed by atoms with van der Waals surface area (Å²) >= 11 is 0. The molecule has 1 saturated heterocycles. The minimum Gasteiger partial charge on any atom is -0.489 e. The van der Waals surface area contributed by atoms with E-state index in [1.54, 1.807) is 12.1 Å². The van der Waals surface area contributed by atoms with Crippen molar-refractivity contribution in [2.75, 3.05) is 13.1 Å². The highest BCUT2D eigenvalue weighted by Gasteiger charge is 2.13. The fourth-order valence-electron chi connectivity index (χ4n) is 1.63. The molecule has 1 heterocycles. The lowest BCUT2D eigenvalue weighted by molar-refractivity contribution is 0.167. The standard InChI is InChI=1S/C11H14FNO.ClH/c12-9-3-5-10(6-4-9)14-11-2-1-7-13-8-11;/h3-6,11,13H,1-2,7-8H2;1H/t11-;/m1./s1. The Hall–Kier alpha value is -0.800. The van der Waals surface area contributed by atoms with Crippen LogP contribution in [0.1, 0.15) is 12.8 Å². The maximum atomic E-state index is 12.6. The molecular formula is C11H15ClFNO. The van der Waals surface area contributed by atoms with Crippen LogP contribution in [0.2, 0.25) is 0 Å². The summed E-state index contributed by atoms with van der Waals surface area (Å²) in [4.78, 5) is 0. The average Bonchev–Trinajstić information content (AvgIpc) is 2.23. The van der Waals surface area contributed by atoms with Gasteiger partial charge in [-0.15, -0.1) is 12.4 Å². The molecule has 1 N–H and O–H groups in total. The first-order valence-electron chi connectivity index (χ1n) is 4.97. The smallest absolute Gasteiger partial charge is 0.123 e. The number of hydrogen-bond donors (Lipinski definition) is 1. The summed E-state index contributed by atoms with van der Waals surface area (Å²) in [5.41, 5.74) is 0. The third kappa shape index (κ3) is 3.68. The van der Waals surface area contributed by atoms with Crippen LogP contribution in [0, 0.1) is 5.82 Å². The lowest BCUT2D eigenvalue weighted by Crippen LogP contribution is -2.37. The van der Waals surface area contributed by atoms with E-state index < -0.39 is 0 Å². The lowest BCUT2D eigenvalue weighted by atomic mass is 10.1. The third-order valence-electron chi connectivity index (χ3n) is 2.37. The van der Waals surface area contributed by atoms with Gasteiger partial charge in [-0.25, -0.2) is 4.39 Å². The fraction of sp³-hybridized carbons (Fsp3) is 0.455. The quantitative estimate of drug-likeness (QED) is 0.844. The monoisotopic (exact) mass is 231 g/mol. The Bertz CT molecular complexity index is 285. The van der Waals surface area contributed by atoms with Crippen LogP contribution in [0.25, 0.3) is 0 Å². The summed E-state index contributed by atoms with van der Waals surface area (Å²) in [6, 6.07) is 6.19. The zero-order chi connectivity index (χ0) is 9.80. The molecule has 1 atom stereocenters. The van der Waals surface area contributed by atoms with Crippen LogP contribution >= 0.6 is 12.4 Å². The van der Waals surface area contributed by atoms with Gasteiger partial charge in [-0.1, -0.05) is 0 Å². The molecule has 1 fully saturated rings. The Balaban J connectivity index is 0.00000112. The molecule has 1 aromatic carbocycles. The van der Waals surface area contributed by atoms with E-state index in [2.05, 4.69) is 5.32 Å². The Morgan fingerprint density at radius 1 is 1.27 bits per heavy atom. The van der Waals surface area contributed by atoms with Gasteiger partial charge in [-0.2, -0.15) is 0 Å². The van der Waals surface area contributed by atoms with Gasteiger partial charge in [0.25, 0.3) is 0 Å². The van der Waals surface area contributed by atoms with Gasteiger partial charge in [0.15, 0.2) is 0 Å². The summed E-state index contributed by atoms with van der Waals surface area (Å²) < 4.78 is 18.3. The molecule has 0 unspecified atom stereocenters. The molecule has 4 heteroatoms. The molecule has 0 aromatic heterocycles. The number of piperidine rings is 1. The topological polar surface area (TPSA) is 21.3 Å². The number of rotatable bonds is 2. The maximum Gasteiger partial charge on any atom is 0.123 e. The first-order chi connectivity index (χ1) is 6.84. The van der Waals surface area contributed by atoms with Gasteiger partial charge in [0, 0.05) is 6.54 Å². The minimum absolute atomic E-state index is 0. The van der Waals surface area contributed by atoms with Crippen LogP contribution < -0.4 is 10.1 Å². The zero-order valence-electron chi connectivity index (χ0n) is 8.41. The molecule has 1 aliphatic rings.